The molecule has 1 aliphatic rings. The minimum atomic E-state index is 0.760. The maximum absolute atomic E-state index is 5.63. The van der Waals surface area contributed by atoms with E-state index in [1.165, 1.54) is 12.1 Å². The molecule has 1 aromatic carbocycles. The molecule has 0 saturated heterocycles. The second-order valence-electron chi connectivity index (χ2n) is 4.88. The second-order valence-corrected chi connectivity index (χ2v) is 4.88. The molecule has 0 fully saturated rings. The van der Waals surface area contributed by atoms with E-state index < -0.39 is 0 Å². The fourth-order valence-corrected chi connectivity index (χ4v) is 3.17. The Morgan fingerprint density at radius 3 is 2.32 bits per heavy atom. The lowest BCUT2D eigenvalue weighted by molar-refractivity contribution is 0.350. The van der Waals surface area contributed by atoms with Crippen LogP contribution in [0.2, 0.25) is 0 Å². The quantitative estimate of drug-likeness (QED) is 0.851. The number of nitrogens with zero attached hydrogens (tertiary/aromatic N) is 1. The van der Waals surface area contributed by atoms with Crippen molar-refractivity contribution in [1.82, 2.24) is 4.57 Å². The third-order valence-electron chi connectivity index (χ3n) is 3.96. The van der Waals surface area contributed by atoms with Gasteiger partial charge in [0.1, 0.15) is 5.75 Å². The molecule has 0 N–H and O–H groups in total. The molecule has 0 atom stereocenters. The number of aryl methyl sites for hydroxylation is 2. The highest BCUT2D eigenvalue weighted by Crippen LogP contribution is 2.47. The summed E-state index contributed by atoms with van der Waals surface area (Å²) >= 11 is 0. The summed E-state index contributed by atoms with van der Waals surface area (Å²) in [6.45, 7) is 3.05. The van der Waals surface area contributed by atoms with Gasteiger partial charge in [0, 0.05) is 23.2 Å². The molecule has 0 radical (unpaired) electrons. The monoisotopic (exact) mass is 261 g/mol. The standard InChI is InChI=1S/C15H19NO3/c1-9-13(17-2)12-11(15(19-4)14(9)18-3)8-10-6-5-7-16(10)12/h8H,5-7H2,1-4H3. The van der Waals surface area contributed by atoms with E-state index >= 15 is 0 Å². The molecule has 0 spiro atoms. The molecule has 0 aliphatic carbocycles. The van der Waals surface area contributed by atoms with Crippen molar-refractivity contribution in [3.8, 4) is 17.2 Å². The number of ether oxygens (including phenoxy) is 3. The van der Waals surface area contributed by atoms with Crippen molar-refractivity contribution in [2.75, 3.05) is 21.3 Å². The van der Waals surface area contributed by atoms with Crippen LogP contribution in [0.4, 0.5) is 0 Å². The van der Waals surface area contributed by atoms with Crippen molar-refractivity contribution in [3.05, 3.63) is 17.3 Å². The van der Waals surface area contributed by atoms with E-state index in [0.29, 0.717) is 0 Å². The van der Waals surface area contributed by atoms with Gasteiger partial charge in [-0.25, -0.2) is 0 Å². The van der Waals surface area contributed by atoms with Crippen LogP contribution in [-0.4, -0.2) is 25.9 Å². The minimum absolute atomic E-state index is 0.760. The minimum Gasteiger partial charge on any atom is -0.494 e. The molecule has 4 nitrogen and oxygen atoms in total. The lowest BCUT2D eigenvalue weighted by atomic mass is 10.1. The summed E-state index contributed by atoms with van der Waals surface area (Å²) < 4.78 is 19.0. The summed E-state index contributed by atoms with van der Waals surface area (Å²) in [7, 11) is 5.06. The molecule has 1 aromatic heterocycles. The Morgan fingerprint density at radius 1 is 1.00 bits per heavy atom. The summed E-state index contributed by atoms with van der Waals surface area (Å²) in [6, 6.07) is 2.20. The van der Waals surface area contributed by atoms with Crippen LogP contribution in [0.25, 0.3) is 10.9 Å². The van der Waals surface area contributed by atoms with Crippen LogP contribution in [0.1, 0.15) is 17.7 Å². The SMILES string of the molecule is COc1c(C)c(OC)c2c(cc3n2CCC3)c1OC. The first-order valence-corrected chi connectivity index (χ1v) is 6.53. The number of hydrogen-bond acceptors (Lipinski definition) is 3. The molecular weight excluding hydrogens is 242 g/mol. The van der Waals surface area contributed by atoms with Crippen molar-refractivity contribution >= 4 is 10.9 Å². The van der Waals surface area contributed by atoms with Gasteiger partial charge in [0.15, 0.2) is 11.5 Å². The smallest absolute Gasteiger partial charge is 0.170 e. The molecule has 0 unspecified atom stereocenters. The number of methoxy groups -OCH3 is 3. The van der Waals surface area contributed by atoms with E-state index in [2.05, 4.69) is 10.6 Å². The zero-order valence-corrected chi connectivity index (χ0v) is 11.9. The fourth-order valence-electron chi connectivity index (χ4n) is 3.17. The van der Waals surface area contributed by atoms with Gasteiger partial charge in [-0.05, 0) is 25.8 Å². The largest absolute Gasteiger partial charge is 0.494 e. The van der Waals surface area contributed by atoms with E-state index in [1.54, 1.807) is 21.3 Å². The van der Waals surface area contributed by atoms with Gasteiger partial charge < -0.3 is 18.8 Å². The number of benzene rings is 1. The third-order valence-corrected chi connectivity index (χ3v) is 3.96. The van der Waals surface area contributed by atoms with Crippen LogP contribution in [0.3, 0.4) is 0 Å². The normalized spacial score (nSPS) is 13.7. The van der Waals surface area contributed by atoms with E-state index in [4.69, 9.17) is 14.2 Å². The average molecular weight is 261 g/mol. The molecular formula is C15H19NO3. The molecule has 2 heterocycles. The lowest BCUT2D eigenvalue weighted by Gasteiger charge is -2.17. The first kappa shape index (κ1) is 12.2. The van der Waals surface area contributed by atoms with Crippen molar-refractivity contribution in [2.45, 2.75) is 26.3 Å². The van der Waals surface area contributed by atoms with Gasteiger partial charge in [-0.3, -0.25) is 0 Å². The average Bonchev–Trinajstić information content (AvgIpc) is 2.98. The van der Waals surface area contributed by atoms with Gasteiger partial charge in [0.2, 0.25) is 0 Å². The van der Waals surface area contributed by atoms with Gasteiger partial charge in [-0.15, -0.1) is 0 Å². The highest BCUT2D eigenvalue weighted by Gasteiger charge is 2.25. The van der Waals surface area contributed by atoms with E-state index in [-0.39, 0.29) is 0 Å². The maximum Gasteiger partial charge on any atom is 0.170 e. The molecule has 2 aromatic rings. The highest BCUT2D eigenvalue weighted by atomic mass is 16.5. The Hall–Kier alpha value is -1.84. The topological polar surface area (TPSA) is 32.6 Å². The van der Waals surface area contributed by atoms with Crippen LogP contribution in [0.15, 0.2) is 6.07 Å². The summed E-state index contributed by atoms with van der Waals surface area (Å²) in [4.78, 5) is 0. The summed E-state index contributed by atoms with van der Waals surface area (Å²) in [6.07, 6.45) is 2.31. The molecule has 1 aliphatic heterocycles. The van der Waals surface area contributed by atoms with Gasteiger partial charge in [0.05, 0.1) is 26.8 Å². The Kier molecular flexibility index (Phi) is 2.81. The van der Waals surface area contributed by atoms with Crippen molar-refractivity contribution < 1.29 is 14.2 Å². The molecule has 4 heteroatoms. The van der Waals surface area contributed by atoms with Crippen LogP contribution in [0.5, 0.6) is 17.2 Å². The number of rotatable bonds is 3. The number of hydrogen-bond donors (Lipinski definition) is 0. The van der Waals surface area contributed by atoms with Gasteiger partial charge in [-0.2, -0.15) is 0 Å². The Bertz CT molecular complexity index is 643. The first-order chi connectivity index (χ1) is 9.22. The van der Waals surface area contributed by atoms with Crippen molar-refractivity contribution in [3.63, 3.8) is 0 Å². The Balaban J connectivity index is 2.46. The molecule has 102 valence electrons. The zero-order chi connectivity index (χ0) is 13.6. The Labute approximate surface area is 112 Å². The zero-order valence-electron chi connectivity index (χ0n) is 11.9. The van der Waals surface area contributed by atoms with Gasteiger partial charge in [-0.1, -0.05) is 0 Å². The molecule has 3 rings (SSSR count). The Morgan fingerprint density at radius 2 is 1.68 bits per heavy atom. The van der Waals surface area contributed by atoms with Crippen LogP contribution in [0, 0.1) is 6.92 Å². The van der Waals surface area contributed by atoms with E-state index in [0.717, 1.165) is 46.7 Å². The number of fused-ring (bicyclic) bond motifs is 3. The summed E-state index contributed by atoms with van der Waals surface area (Å²) in [5.41, 5.74) is 3.46. The lowest BCUT2D eigenvalue weighted by Crippen LogP contribution is -2.00. The third kappa shape index (κ3) is 1.52. The van der Waals surface area contributed by atoms with Crippen molar-refractivity contribution in [2.24, 2.45) is 0 Å². The van der Waals surface area contributed by atoms with Crippen LogP contribution in [-0.2, 0) is 13.0 Å². The fraction of sp³-hybridized carbons (Fsp3) is 0.467. The van der Waals surface area contributed by atoms with Gasteiger partial charge >= 0.3 is 0 Å². The van der Waals surface area contributed by atoms with E-state index in [9.17, 15) is 0 Å². The maximum atomic E-state index is 5.63. The predicted molar refractivity (Wildman–Crippen MR) is 74.7 cm³/mol. The van der Waals surface area contributed by atoms with Crippen molar-refractivity contribution in [1.29, 1.82) is 0 Å². The highest BCUT2D eigenvalue weighted by molar-refractivity contribution is 5.96. The van der Waals surface area contributed by atoms with E-state index in [1.807, 2.05) is 6.92 Å². The summed E-state index contributed by atoms with van der Waals surface area (Å²) in [5, 5.41) is 1.08. The molecule has 0 amide bonds. The second kappa shape index (κ2) is 4.37. The first-order valence-electron chi connectivity index (χ1n) is 6.53. The molecule has 0 bridgehead atoms. The van der Waals surface area contributed by atoms with Crippen LogP contribution < -0.4 is 14.2 Å². The molecule has 0 saturated carbocycles. The summed E-state index contributed by atoms with van der Waals surface area (Å²) in [5.74, 6) is 2.45. The predicted octanol–water partition coefficient (Wildman–Crippen LogP) is 2.92. The molecule has 19 heavy (non-hydrogen) atoms. The number of aromatic nitrogens is 1. The van der Waals surface area contributed by atoms with Crippen LogP contribution >= 0.6 is 0 Å². The van der Waals surface area contributed by atoms with Gasteiger partial charge in [0.25, 0.3) is 0 Å².